The number of H-pyrrole nitrogens is 1. The highest BCUT2D eigenvalue weighted by molar-refractivity contribution is 6.01. The fraction of sp³-hybridized carbons (Fsp3) is 0.227. The van der Waals surface area contributed by atoms with Gasteiger partial charge in [-0.25, -0.2) is 4.68 Å². The summed E-state index contributed by atoms with van der Waals surface area (Å²) in [5.41, 5.74) is 2.44. The monoisotopic (exact) mass is 439 g/mol. The van der Waals surface area contributed by atoms with Crippen LogP contribution in [0.2, 0.25) is 0 Å². The molecule has 4 heterocycles. The second-order valence-corrected chi connectivity index (χ2v) is 7.95. The highest BCUT2D eigenvalue weighted by atomic mass is 19.4. The highest BCUT2D eigenvalue weighted by Gasteiger charge is 2.44. The Balaban J connectivity index is 1.54. The van der Waals surface area contributed by atoms with Crippen LogP contribution in [0.4, 0.5) is 19.1 Å². The number of anilines is 1. The Morgan fingerprint density at radius 3 is 2.75 bits per heavy atom. The summed E-state index contributed by atoms with van der Waals surface area (Å²) < 4.78 is 46.9. The van der Waals surface area contributed by atoms with E-state index in [0.29, 0.717) is 29.0 Å². The lowest BCUT2D eigenvalue weighted by Gasteiger charge is -2.34. The van der Waals surface area contributed by atoms with Crippen LogP contribution in [0.5, 0.6) is 0 Å². The lowest BCUT2D eigenvalue weighted by Crippen LogP contribution is -2.33. The number of rotatable bonds is 2. The van der Waals surface area contributed by atoms with Gasteiger partial charge in [-0.15, -0.1) is 5.10 Å². The van der Waals surface area contributed by atoms with Crippen LogP contribution in [-0.2, 0) is 11.0 Å². The molecule has 1 aliphatic heterocycles. The second-order valence-electron chi connectivity index (χ2n) is 7.95. The molecule has 0 fully saturated rings. The first-order valence-electron chi connectivity index (χ1n) is 10.1. The van der Waals surface area contributed by atoms with Crippen LogP contribution in [0.3, 0.4) is 0 Å². The van der Waals surface area contributed by atoms with Crippen molar-refractivity contribution >= 4 is 22.6 Å². The molecule has 0 spiro atoms. The third kappa shape index (κ3) is 2.79. The van der Waals surface area contributed by atoms with Crippen LogP contribution in [0, 0.1) is 0 Å². The van der Waals surface area contributed by atoms with E-state index >= 15 is 0 Å². The molecule has 3 aromatic heterocycles. The molecular weight excluding hydrogens is 423 g/mol. The van der Waals surface area contributed by atoms with E-state index in [0.717, 1.165) is 10.9 Å². The third-order valence-corrected chi connectivity index (χ3v) is 6.03. The summed E-state index contributed by atoms with van der Waals surface area (Å²) in [6, 6.07) is 10.2. The maximum absolute atomic E-state index is 13.4. The molecule has 2 N–H and O–H groups in total. The Kier molecular flexibility index (Phi) is 3.89. The Morgan fingerprint density at radius 1 is 1.12 bits per heavy atom. The lowest BCUT2D eigenvalue weighted by atomic mass is 9.79. The van der Waals surface area contributed by atoms with Crippen molar-refractivity contribution in [2.45, 2.75) is 31.0 Å². The normalized spacial score (nSPS) is 20.9. The Morgan fingerprint density at radius 2 is 1.97 bits per heavy atom. The minimum Gasteiger partial charge on any atom is -0.469 e. The number of aromatic nitrogens is 4. The average Bonchev–Trinajstić information content (AvgIpc) is 3.50. The third-order valence-electron chi connectivity index (χ3n) is 6.03. The van der Waals surface area contributed by atoms with E-state index in [2.05, 4.69) is 20.4 Å². The summed E-state index contributed by atoms with van der Waals surface area (Å²) in [6.07, 6.45) is -0.836. The van der Waals surface area contributed by atoms with Crippen molar-refractivity contribution in [2.24, 2.45) is 0 Å². The number of carbonyl (C=O) groups is 1. The minimum atomic E-state index is -4.71. The molecule has 6 rings (SSSR count). The highest BCUT2D eigenvalue weighted by Crippen LogP contribution is 2.46. The van der Waals surface area contributed by atoms with Gasteiger partial charge in [0.15, 0.2) is 5.78 Å². The summed E-state index contributed by atoms with van der Waals surface area (Å²) in [7, 11) is 0. The van der Waals surface area contributed by atoms with Crippen molar-refractivity contribution in [2.75, 3.05) is 5.32 Å². The number of furan rings is 1. The number of carbonyl (C=O) groups excluding carboxylic acids is 1. The van der Waals surface area contributed by atoms with Gasteiger partial charge in [0.05, 0.1) is 6.26 Å². The van der Waals surface area contributed by atoms with Crippen molar-refractivity contribution in [3.63, 3.8) is 0 Å². The minimum absolute atomic E-state index is 0.0424. The number of aromatic amines is 1. The standard InChI is InChI=1S/C22H16F3N5O2/c23-22(24,25)20-28-21-27-15-8-11(17-6-3-7-32-17)9-16(31)18(15)19(30(21)29-20)13-10-26-14-5-2-1-4-12(13)14/h1-7,10-11,19,26H,8-9H2,(H,27,28,29)/t11-,19-/m0/s1. The smallest absolute Gasteiger partial charge is 0.453 e. The molecule has 7 nitrogen and oxygen atoms in total. The Bertz CT molecular complexity index is 1380. The van der Waals surface area contributed by atoms with Crippen molar-refractivity contribution in [3.05, 3.63) is 77.3 Å². The number of hydrogen-bond acceptors (Lipinski definition) is 5. The maximum atomic E-state index is 13.4. The number of fused-ring (bicyclic) bond motifs is 2. The number of benzene rings is 1. The summed E-state index contributed by atoms with van der Waals surface area (Å²) in [5, 5.41) is 7.52. The van der Waals surface area contributed by atoms with Gasteiger partial charge in [0.2, 0.25) is 5.95 Å². The van der Waals surface area contributed by atoms with Gasteiger partial charge in [0, 0.05) is 46.3 Å². The first-order chi connectivity index (χ1) is 15.4. The van der Waals surface area contributed by atoms with Gasteiger partial charge in [-0.2, -0.15) is 18.2 Å². The zero-order valence-corrected chi connectivity index (χ0v) is 16.5. The summed E-state index contributed by atoms with van der Waals surface area (Å²) in [5.74, 6) is -0.994. The van der Waals surface area contributed by atoms with Crippen LogP contribution in [0.25, 0.3) is 10.9 Å². The zero-order valence-electron chi connectivity index (χ0n) is 16.5. The molecule has 10 heteroatoms. The number of para-hydroxylation sites is 1. The average molecular weight is 439 g/mol. The van der Waals surface area contributed by atoms with Crippen LogP contribution in [-0.4, -0.2) is 25.5 Å². The number of nitrogens with one attached hydrogen (secondary N) is 2. The molecule has 1 aliphatic carbocycles. The van der Waals surface area contributed by atoms with Crippen LogP contribution < -0.4 is 5.32 Å². The Hall–Kier alpha value is -3.82. The zero-order chi connectivity index (χ0) is 22.0. The largest absolute Gasteiger partial charge is 0.469 e. The lowest BCUT2D eigenvalue weighted by molar-refractivity contribution is -0.145. The molecule has 0 saturated carbocycles. The summed E-state index contributed by atoms with van der Waals surface area (Å²) in [4.78, 5) is 20.2. The maximum Gasteiger partial charge on any atom is 0.453 e. The molecule has 32 heavy (non-hydrogen) atoms. The summed E-state index contributed by atoms with van der Waals surface area (Å²) in [6.45, 7) is 0. The fourth-order valence-electron chi connectivity index (χ4n) is 4.66. The number of hydrogen-bond donors (Lipinski definition) is 2. The second kappa shape index (κ2) is 6.59. The number of allylic oxidation sites excluding steroid dienone is 2. The van der Waals surface area contributed by atoms with E-state index in [1.165, 1.54) is 4.68 Å². The molecule has 0 amide bonds. The number of halogens is 3. The van der Waals surface area contributed by atoms with E-state index in [9.17, 15) is 18.0 Å². The molecule has 2 aliphatic rings. The molecule has 2 atom stereocenters. The molecule has 162 valence electrons. The first-order valence-corrected chi connectivity index (χ1v) is 10.1. The van der Waals surface area contributed by atoms with Gasteiger partial charge >= 0.3 is 6.18 Å². The van der Waals surface area contributed by atoms with E-state index in [1.807, 2.05) is 24.3 Å². The van der Waals surface area contributed by atoms with Gasteiger partial charge in [-0.1, -0.05) is 18.2 Å². The number of ketones is 1. The van der Waals surface area contributed by atoms with Gasteiger partial charge < -0.3 is 14.7 Å². The molecule has 0 bridgehead atoms. The Labute approximate surface area is 178 Å². The fourth-order valence-corrected chi connectivity index (χ4v) is 4.66. The number of alkyl halides is 3. The van der Waals surface area contributed by atoms with Crippen molar-refractivity contribution in [1.82, 2.24) is 19.7 Å². The number of Topliss-reactive ketones (excluding diaryl/α,β-unsaturated/α-hetero) is 1. The van der Waals surface area contributed by atoms with Crippen molar-refractivity contribution < 1.29 is 22.4 Å². The first kappa shape index (κ1) is 18.9. The van der Waals surface area contributed by atoms with E-state index < -0.39 is 18.0 Å². The number of nitrogens with zero attached hydrogens (tertiary/aromatic N) is 3. The van der Waals surface area contributed by atoms with Crippen LogP contribution in [0.15, 0.2) is 64.5 Å². The van der Waals surface area contributed by atoms with E-state index in [1.54, 1.807) is 24.6 Å². The van der Waals surface area contributed by atoms with Gasteiger partial charge in [0.1, 0.15) is 11.8 Å². The van der Waals surface area contributed by atoms with Crippen molar-refractivity contribution in [1.29, 1.82) is 0 Å². The van der Waals surface area contributed by atoms with Crippen LogP contribution >= 0.6 is 0 Å². The van der Waals surface area contributed by atoms with Crippen LogP contribution in [0.1, 0.15) is 41.9 Å². The SMILES string of the molecule is O=C1C[C@@H](c2ccco2)CC2=C1[C@H](c1c[nH]c3ccccc13)n1nc(C(F)(F)F)nc1N2. The van der Waals surface area contributed by atoms with Gasteiger partial charge in [0.25, 0.3) is 5.82 Å². The molecule has 0 unspecified atom stereocenters. The molecule has 0 saturated heterocycles. The summed E-state index contributed by atoms with van der Waals surface area (Å²) >= 11 is 0. The van der Waals surface area contributed by atoms with Gasteiger partial charge in [-0.3, -0.25) is 4.79 Å². The van der Waals surface area contributed by atoms with Gasteiger partial charge in [-0.05, 0) is 24.6 Å². The van der Waals surface area contributed by atoms with E-state index in [-0.39, 0.29) is 24.1 Å². The van der Waals surface area contributed by atoms with E-state index in [4.69, 9.17) is 4.42 Å². The molecular formula is C22H16F3N5O2. The topological polar surface area (TPSA) is 88.7 Å². The molecule has 0 radical (unpaired) electrons. The quantitative estimate of drug-likeness (QED) is 0.469. The molecule has 4 aromatic rings. The predicted octanol–water partition coefficient (Wildman–Crippen LogP) is 4.79. The predicted molar refractivity (Wildman–Crippen MR) is 108 cm³/mol. The molecule has 1 aromatic carbocycles. The van der Waals surface area contributed by atoms with Crippen molar-refractivity contribution in [3.8, 4) is 0 Å².